The summed E-state index contributed by atoms with van der Waals surface area (Å²) in [6, 6.07) is 24.1. The first-order valence-electron chi connectivity index (χ1n) is 16.5. The molecule has 0 saturated carbocycles. The molecular formula is C38H43FN6O5. The molecule has 0 radical (unpaired) electrons. The van der Waals surface area contributed by atoms with Crippen molar-refractivity contribution in [3.8, 4) is 5.75 Å². The Balaban J connectivity index is 1.29. The standard InChI is InChI=1S/C38H43FN6O5/c1-24-20-45(25(2)23-46)36(47)19-28-18-31(42-38(49)41-30-14-12-29(39)13-15-30)16-17-34(28)50-35(24)22-44(3)21-26-8-10-27(11-9-26)37(48)43-33-7-5-4-6-32(33)40/h4-18,24-25,35,46H,19-23,40H2,1-3H3,(H,43,48)(H2,41,42,49)/t24-,25+,35+/m0/s1. The van der Waals surface area contributed by atoms with Gasteiger partial charge in [-0.05, 0) is 86.3 Å². The number of carbonyl (C=O) groups is 3. The zero-order valence-electron chi connectivity index (χ0n) is 28.4. The van der Waals surface area contributed by atoms with Crippen LogP contribution in [0.4, 0.5) is 31.9 Å². The lowest BCUT2D eigenvalue weighted by molar-refractivity contribution is -0.134. The van der Waals surface area contributed by atoms with Crippen LogP contribution in [0.5, 0.6) is 5.75 Å². The van der Waals surface area contributed by atoms with Crippen LogP contribution >= 0.6 is 0 Å². The number of amides is 4. The molecule has 4 aromatic rings. The maximum atomic E-state index is 13.6. The minimum absolute atomic E-state index is 0.0147. The van der Waals surface area contributed by atoms with Crippen LogP contribution in [0, 0.1) is 11.7 Å². The number of nitrogens with one attached hydrogen (secondary N) is 3. The number of hydrogen-bond donors (Lipinski definition) is 5. The average Bonchev–Trinajstić information content (AvgIpc) is 3.13. The Kier molecular flexibility index (Phi) is 11.7. The number of urea groups is 1. The number of aliphatic hydroxyl groups excluding tert-OH is 1. The molecule has 12 heteroatoms. The number of aliphatic hydroxyl groups is 1. The molecule has 262 valence electrons. The zero-order chi connectivity index (χ0) is 35.8. The third-order valence-corrected chi connectivity index (χ3v) is 8.65. The summed E-state index contributed by atoms with van der Waals surface area (Å²) in [4.78, 5) is 42.9. The molecule has 6 N–H and O–H groups in total. The summed E-state index contributed by atoms with van der Waals surface area (Å²) in [7, 11) is 1.98. The Labute approximate surface area is 291 Å². The summed E-state index contributed by atoms with van der Waals surface area (Å²) < 4.78 is 19.9. The topological polar surface area (TPSA) is 149 Å². The van der Waals surface area contributed by atoms with E-state index in [1.165, 1.54) is 24.3 Å². The first kappa shape index (κ1) is 35.8. The van der Waals surface area contributed by atoms with E-state index in [0.29, 0.717) is 59.3 Å². The van der Waals surface area contributed by atoms with Crippen LogP contribution in [0.2, 0.25) is 0 Å². The number of nitrogen functional groups attached to an aromatic ring is 1. The van der Waals surface area contributed by atoms with Crippen molar-refractivity contribution in [2.24, 2.45) is 5.92 Å². The molecular weight excluding hydrogens is 639 g/mol. The van der Waals surface area contributed by atoms with Crippen LogP contribution in [-0.2, 0) is 17.8 Å². The summed E-state index contributed by atoms with van der Waals surface area (Å²) in [5.41, 5.74) is 9.99. The van der Waals surface area contributed by atoms with Gasteiger partial charge in [0.15, 0.2) is 0 Å². The molecule has 0 aliphatic carbocycles. The van der Waals surface area contributed by atoms with Gasteiger partial charge in [-0.1, -0.05) is 31.2 Å². The van der Waals surface area contributed by atoms with Gasteiger partial charge in [-0.2, -0.15) is 0 Å². The maximum absolute atomic E-state index is 13.6. The minimum Gasteiger partial charge on any atom is -0.488 e. The number of nitrogens with two attached hydrogens (primary N) is 1. The van der Waals surface area contributed by atoms with Crippen molar-refractivity contribution in [2.45, 2.75) is 39.0 Å². The van der Waals surface area contributed by atoms with E-state index in [2.05, 4.69) is 20.9 Å². The second kappa shape index (κ2) is 16.3. The van der Waals surface area contributed by atoms with Crippen LogP contribution in [0.25, 0.3) is 0 Å². The molecule has 5 rings (SSSR count). The van der Waals surface area contributed by atoms with Crippen molar-refractivity contribution >= 4 is 40.6 Å². The largest absolute Gasteiger partial charge is 0.488 e. The van der Waals surface area contributed by atoms with E-state index < -0.39 is 17.9 Å². The fourth-order valence-electron chi connectivity index (χ4n) is 5.80. The molecule has 3 atom stereocenters. The lowest BCUT2D eigenvalue weighted by atomic mass is 10.0. The monoisotopic (exact) mass is 682 g/mol. The van der Waals surface area contributed by atoms with Gasteiger partial charge in [0.05, 0.1) is 30.4 Å². The SMILES string of the molecule is C[C@H](CO)N1C[C@H](C)[C@@H](CN(C)Cc2ccc(C(=O)Nc3ccccc3N)cc2)Oc2ccc(NC(=O)Nc3ccc(F)cc3)cc2CC1=O. The number of likely N-dealkylation sites (N-methyl/N-ethyl adjacent to an activating group) is 1. The number of carbonyl (C=O) groups excluding carboxylic acids is 3. The van der Waals surface area contributed by atoms with Crippen molar-refractivity contribution in [3.05, 3.63) is 114 Å². The predicted molar refractivity (Wildman–Crippen MR) is 193 cm³/mol. The van der Waals surface area contributed by atoms with Gasteiger partial charge >= 0.3 is 6.03 Å². The van der Waals surface area contributed by atoms with Crippen molar-refractivity contribution in [2.75, 3.05) is 48.4 Å². The van der Waals surface area contributed by atoms with Crippen molar-refractivity contribution in [3.63, 3.8) is 0 Å². The molecule has 0 spiro atoms. The number of rotatable bonds is 10. The molecule has 0 aromatic heterocycles. The van der Waals surface area contributed by atoms with Crippen LogP contribution in [0.15, 0.2) is 91.0 Å². The Morgan fingerprint density at radius 1 is 1.00 bits per heavy atom. The minimum atomic E-state index is -0.523. The van der Waals surface area contributed by atoms with E-state index >= 15 is 0 Å². The van der Waals surface area contributed by atoms with E-state index in [1.807, 2.05) is 39.1 Å². The molecule has 0 unspecified atom stereocenters. The number of benzene rings is 4. The van der Waals surface area contributed by atoms with Gasteiger partial charge in [0.1, 0.15) is 17.7 Å². The molecule has 11 nitrogen and oxygen atoms in total. The molecule has 4 aromatic carbocycles. The number of anilines is 4. The van der Waals surface area contributed by atoms with Crippen LogP contribution < -0.4 is 26.4 Å². The number of para-hydroxylation sites is 2. The van der Waals surface area contributed by atoms with Gasteiger partial charge < -0.3 is 36.4 Å². The lowest BCUT2D eigenvalue weighted by Gasteiger charge is -2.34. The summed E-state index contributed by atoms with van der Waals surface area (Å²) in [5, 5.41) is 18.2. The normalized spacial score (nSPS) is 16.7. The molecule has 0 saturated heterocycles. The molecule has 1 heterocycles. The van der Waals surface area contributed by atoms with Crippen LogP contribution in [0.3, 0.4) is 0 Å². The van der Waals surface area contributed by atoms with Gasteiger partial charge in [0.2, 0.25) is 5.91 Å². The fourth-order valence-corrected chi connectivity index (χ4v) is 5.80. The predicted octanol–water partition coefficient (Wildman–Crippen LogP) is 5.59. The smallest absolute Gasteiger partial charge is 0.323 e. The number of halogens is 1. The summed E-state index contributed by atoms with van der Waals surface area (Å²) in [6.07, 6.45) is -0.319. The highest BCUT2D eigenvalue weighted by Crippen LogP contribution is 2.30. The van der Waals surface area contributed by atoms with Gasteiger partial charge in [-0.3, -0.25) is 14.5 Å². The maximum Gasteiger partial charge on any atom is 0.323 e. The molecule has 1 aliphatic rings. The second-order valence-corrected chi connectivity index (χ2v) is 12.7. The lowest BCUT2D eigenvalue weighted by Crippen LogP contribution is -2.47. The molecule has 1 aliphatic heterocycles. The molecule has 50 heavy (non-hydrogen) atoms. The van der Waals surface area contributed by atoms with Crippen molar-refractivity contribution in [1.82, 2.24) is 9.80 Å². The second-order valence-electron chi connectivity index (χ2n) is 12.7. The molecule has 0 fully saturated rings. The summed E-state index contributed by atoms with van der Waals surface area (Å²) in [6.45, 7) is 5.13. The Morgan fingerprint density at radius 2 is 1.68 bits per heavy atom. The Hall–Kier alpha value is -5.46. The average molecular weight is 683 g/mol. The number of hydrogen-bond acceptors (Lipinski definition) is 7. The van der Waals surface area contributed by atoms with Crippen LogP contribution in [-0.4, -0.2) is 71.6 Å². The number of fused-ring (bicyclic) bond motifs is 1. The Morgan fingerprint density at radius 3 is 2.38 bits per heavy atom. The molecule has 0 bridgehead atoms. The highest BCUT2D eigenvalue weighted by molar-refractivity contribution is 6.05. The first-order valence-corrected chi connectivity index (χ1v) is 16.5. The van der Waals surface area contributed by atoms with Gasteiger partial charge in [0, 0.05) is 48.1 Å². The highest BCUT2D eigenvalue weighted by Gasteiger charge is 2.31. The van der Waals surface area contributed by atoms with Gasteiger partial charge in [-0.15, -0.1) is 0 Å². The van der Waals surface area contributed by atoms with E-state index in [1.54, 1.807) is 53.4 Å². The van der Waals surface area contributed by atoms with Crippen LogP contribution in [0.1, 0.15) is 35.3 Å². The third-order valence-electron chi connectivity index (χ3n) is 8.65. The van der Waals surface area contributed by atoms with E-state index in [9.17, 15) is 23.9 Å². The van der Waals surface area contributed by atoms with E-state index in [4.69, 9.17) is 10.5 Å². The Bertz CT molecular complexity index is 1800. The van der Waals surface area contributed by atoms with E-state index in [0.717, 1.165) is 5.56 Å². The quantitative estimate of drug-likeness (QED) is 0.137. The third kappa shape index (κ3) is 9.36. The first-order chi connectivity index (χ1) is 24.0. The zero-order valence-corrected chi connectivity index (χ0v) is 28.4. The number of nitrogens with zero attached hydrogens (tertiary/aromatic N) is 2. The highest BCUT2D eigenvalue weighted by atomic mass is 19.1. The summed E-state index contributed by atoms with van der Waals surface area (Å²) in [5.74, 6) is -0.396. The van der Waals surface area contributed by atoms with E-state index in [-0.39, 0.29) is 36.9 Å². The van der Waals surface area contributed by atoms with Crippen molar-refractivity contribution in [1.29, 1.82) is 0 Å². The fraction of sp³-hybridized carbons (Fsp3) is 0.289. The summed E-state index contributed by atoms with van der Waals surface area (Å²) >= 11 is 0. The van der Waals surface area contributed by atoms with Crippen molar-refractivity contribution < 1.29 is 28.6 Å². The number of ether oxygens (including phenoxy) is 1. The van der Waals surface area contributed by atoms with Gasteiger partial charge in [-0.25, -0.2) is 9.18 Å². The van der Waals surface area contributed by atoms with Gasteiger partial charge in [0.25, 0.3) is 5.91 Å². The molecule has 4 amide bonds.